The highest BCUT2D eigenvalue weighted by Crippen LogP contribution is 2.20. The van der Waals surface area contributed by atoms with Gasteiger partial charge in [0.25, 0.3) is 11.8 Å². The van der Waals surface area contributed by atoms with Crippen LogP contribution < -0.4 is 16.4 Å². The summed E-state index contributed by atoms with van der Waals surface area (Å²) >= 11 is 0. The van der Waals surface area contributed by atoms with Gasteiger partial charge >= 0.3 is 0 Å². The van der Waals surface area contributed by atoms with Gasteiger partial charge in [-0.2, -0.15) is 5.10 Å². The first-order valence-corrected chi connectivity index (χ1v) is 8.31. The summed E-state index contributed by atoms with van der Waals surface area (Å²) in [5.74, 6) is -3.43. The molecule has 0 atom stereocenters. The van der Waals surface area contributed by atoms with E-state index < -0.39 is 29.0 Å². The van der Waals surface area contributed by atoms with Gasteiger partial charge in [0.15, 0.2) is 0 Å². The van der Waals surface area contributed by atoms with Crippen molar-refractivity contribution in [1.29, 1.82) is 0 Å². The number of hydrogen-bond donors (Lipinski definition) is 4. The monoisotopic (exact) mass is 367 g/mol. The molecular weight excluding hydrogens is 344 g/mol. The maximum atomic E-state index is 13.7. The van der Waals surface area contributed by atoms with Crippen LogP contribution >= 0.6 is 0 Å². The Balaban J connectivity index is 0.00000196. The highest BCUT2D eigenvalue weighted by Gasteiger charge is 2.24. The summed E-state index contributed by atoms with van der Waals surface area (Å²) in [5, 5.41) is 11.4. The van der Waals surface area contributed by atoms with Gasteiger partial charge in [-0.3, -0.25) is 14.7 Å². The summed E-state index contributed by atoms with van der Waals surface area (Å²) in [4.78, 5) is 24.6. The number of hydrogen-bond acceptors (Lipinski definition) is 4. The highest BCUT2D eigenvalue weighted by atomic mass is 19.1. The molecule has 2 amide bonds. The number of aromatic nitrogens is 2. The van der Waals surface area contributed by atoms with Crippen molar-refractivity contribution < 1.29 is 21.2 Å². The van der Waals surface area contributed by atoms with E-state index in [1.165, 1.54) is 6.20 Å². The van der Waals surface area contributed by atoms with E-state index in [9.17, 15) is 18.4 Å². The number of carbonyl (C=O) groups is 2. The number of anilines is 1. The molecule has 1 saturated carbocycles. The molecular formula is C17H23F2N5O2. The molecule has 1 aromatic heterocycles. The number of benzene rings is 1. The average molecular weight is 367 g/mol. The lowest BCUT2D eigenvalue weighted by molar-refractivity contribution is 0.0921. The van der Waals surface area contributed by atoms with Gasteiger partial charge in [0, 0.05) is 14.9 Å². The van der Waals surface area contributed by atoms with E-state index in [1.54, 1.807) is 0 Å². The Labute approximate surface area is 151 Å². The number of nitrogens with one attached hydrogen (secondary N) is 3. The smallest absolute Gasteiger partial charge is 0.271 e. The van der Waals surface area contributed by atoms with Gasteiger partial charge in [-0.15, -0.1) is 0 Å². The fourth-order valence-corrected chi connectivity index (χ4v) is 2.97. The number of nitrogens with two attached hydrogens (primary N) is 1. The zero-order valence-corrected chi connectivity index (χ0v) is 13.9. The van der Waals surface area contributed by atoms with Crippen LogP contribution in [-0.4, -0.2) is 34.1 Å². The first-order chi connectivity index (χ1) is 12.5. The van der Waals surface area contributed by atoms with Crippen LogP contribution in [0.2, 0.25) is 0 Å². The molecule has 1 aromatic carbocycles. The molecule has 142 valence electrons. The van der Waals surface area contributed by atoms with Crippen LogP contribution in [0, 0.1) is 11.6 Å². The molecule has 1 fully saturated rings. The summed E-state index contributed by atoms with van der Waals surface area (Å²) in [6, 6.07) is 3.26. The van der Waals surface area contributed by atoms with Crippen molar-refractivity contribution in [3.05, 3.63) is 47.3 Å². The molecule has 9 heteroatoms. The van der Waals surface area contributed by atoms with Crippen molar-refractivity contribution in [2.75, 3.05) is 5.32 Å². The second-order valence-corrected chi connectivity index (χ2v) is 6.29. The third-order valence-electron chi connectivity index (χ3n) is 4.41. The lowest BCUT2D eigenvalue weighted by Crippen LogP contribution is -2.40. The summed E-state index contributed by atoms with van der Waals surface area (Å²) in [6.45, 7) is 0. The summed E-state index contributed by atoms with van der Waals surface area (Å²) < 4.78 is 27.4. The molecule has 0 spiro atoms. The van der Waals surface area contributed by atoms with Crippen LogP contribution in [0.25, 0.3) is 0 Å². The van der Waals surface area contributed by atoms with E-state index in [1.807, 2.05) is 0 Å². The predicted octanol–water partition coefficient (Wildman–Crippen LogP) is 2.43. The number of H-pyrrole nitrogens is 1. The Bertz CT molecular complexity index is 805. The number of halogens is 2. The van der Waals surface area contributed by atoms with Crippen molar-refractivity contribution in [1.82, 2.24) is 15.5 Å². The normalized spacial score (nSPS) is 19.8. The number of nitrogens with zero attached hydrogens (tertiary/aromatic N) is 1. The number of carbonyl (C=O) groups excluding carboxylic acids is 2. The first-order valence-electron chi connectivity index (χ1n) is 8.31. The molecule has 0 bridgehead atoms. The van der Waals surface area contributed by atoms with Crippen molar-refractivity contribution in [3.8, 4) is 0 Å². The quantitative estimate of drug-likeness (QED) is 0.665. The van der Waals surface area contributed by atoms with Crippen molar-refractivity contribution in [2.24, 2.45) is 5.73 Å². The second kappa shape index (κ2) is 7.61. The van der Waals surface area contributed by atoms with Crippen LogP contribution in [0.4, 0.5) is 14.5 Å². The van der Waals surface area contributed by atoms with Crippen LogP contribution in [0.15, 0.2) is 24.4 Å². The fourth-order valence-electron chi connectivity index (χ4n) is 2.97. The maximum Gasteiger partial charge on any atom is 0.271 e. The standard InChI is InChI=1S/C17H19F2N5O2.2H2/c18-11-2-1-3-12(19)14(11)16(25)23-13-8-21-24-15(13)17(26)22-10-6-4-9(20)5-7-10;;/h1-3,8-10H,4-7,20H2,(H,21,24)(H,22,26)(H,23,25);2*1H. The topological polar surface area (TPSA) is 113 Å². The molecule has 26 heavy (non-hydrogen) atoms. The third kappa shape index (κ3) is 3.88. The predicted molar refractivity (Wildman–Crippen MR) is 94.8 cm³/mol. The van der Waals surface area contributed by atoms with Gasteiger partial charge in [-0.05, 0) is 37.8 Å². The van der Waals surface area contributed by atoms with Gasteiger partial charge in [0.2, 0.25) is 0 Å². The Morgan fingerprint density at radius 2 is 1.81 bits per heavy atom. The van der Waals surface area contributed by atoms with Gasteiger partial charge in [0.05, 0.1) is 11.9 Å². The maximum absolute atomic E-state index is 13.7. The molecule has 1 aliphatic carbocycles. The Kier molecular flexibility index (Phi) is 5.27. The lowest BCUT2D eigenvalue weighted by atomic mass is 9.92. The number of amides is 2. The van der Waals surface area contributed by atoms with E-state index in [4.69, 9.17) is 5.73 Å². The van der Waals surface area contributed by atoms with E-state index in [0.29, 0.717) is 0 Å². The highest BCUT2D eigenvalue weighted by molar-refractivity contribution is 6.08. The summed E-state index contributed by atoms with van der Waals surface area (Å²) in [7, 11) is 0. The Hall–Kier alpha value is -2.81. The minimum Gasteiger partial charge on any atom is -0.348 e. The molecule has 1 aliphatic rings. The number of aromatic amines is 1. The van der Waals surface area contributed by atoms with Crippen LogP contribution in [0.5, 0.6) is 0 Å². The zero-order chi connectivity index (χ0) is 18.7. The molecule has 2 aromatic rings. The molecule has 0 saturated heterocycles. The SMILES string of the molecule is NC1CCC(NC(=O)c2[nH]ncc2NC(=O)c2c(F)cccc2F)CC1.[HH].[HH]. The van der Waals surface area contributed by atoms with Gasteiger partial charge in [-0.1, -0.05) is 6.07 Å². The minimum atomic E-state index is -1.00. The van der Waals surface area contributed by atoms with E-state index in [0.717, 1.165) is 43.9 Å². The van der Waals surface area contributed by atoms with Crippen LogP contribution in [0.3, 0.4) is 0 Å². The second-order valence-electron chi connectivity index (χ2n) is 6.29. The van der Waals surface area contributed by atoms with Crippen LogP contribution in [-0.2, 0) is 0 Å². The summed E-state index contributed by atoms with van der Waals surface area (Å²) in [6.07, 6.45) is 4.39. The zero-order valence-electron chi connectivity index (χ0n) is 13.9. The van der Waals surface area contributed by atoms with Gasteiger partial charge < -0.3 is 16.4 Å². The Morgan fingerprint density at radius 3 is 2.46 bits per heavy atom. The molecule has 3 rings (SSSR count). The Morgan fingerprint density at radius 1 is 1.15 bits per heavy atom. The summed E-state index contributed by atoms with van der Waals surface area (Å²) in [5.41, 5.74) is 5.18. The third-order valence-corrected chi connectivity index (χ3v) is 4.41. The average Bonchev–Trinajstić information content (AvgIpc) is 3.05. The van der Waals surface area contributed by atoms with E-state index >= 15 is 0 Å². The fraction of sp³-hybridized carbons (Fsp3) is 0.353. The number of rotatable bonds is 4. The van der Waals surface area contributed by atoms with Gasteiger partial charge in [0.1, 0.15) is 22.9 Å². The molecule has 0 aliphatic heterocycles. The van der Waals surface area contributed by atoms with Gasteiger partial charge in [-0.25, -0.2) is 8.78 Å². The van der Waals surface area contributed by atoms with E-state index in [2.05, 4.69) is 20.8 Å². The molecule has 0 radical (unpaired) electrons. The largest absolute Gasteiger partial charge is 0.348 e. The van der Waals surface area contributed by atoms with Crippen LogP contribution in [0.1, 0.15) is 49.4 Å². The molecule has 7 nitrogen and oxygen atoms in total. The molecule has 5 N–H and O–H groups in total. The first kappa shape index (κ1) is 18.0. The van der Waals surface area contributed by atoms with E-state index in [-0.39, 0.29) is 26.3 Å². The molecule has 1 heterocycles. The van der Waals surface area contributed by atoms with Crippen molar-refractivity contribution >= 4 is 17.5 Å². The lowest BCUT2D eigenvalue weighted by Gasteiger charge is -2.26. The molecule has 0 unspecified atom stereocenters. The van der Waals surface area contributed by atoms with Crippen molar-refractivity contribution in [2.45, 2.75) is 37.8 Å². The minimum absolute atomic E-state index is 0. The van der Waals surface area contributed by atoms with Crippen molar-refractivity contribution in [3.63, 3.8) is 0 Å².